The lowest BCUT2D eigenvalue weighted by Gasteiger charge is -2.14. The number of ether oxygens (including phenoxy) is 1. The van der Waals surface area contributed by atoms with Crippen molar-refractivity contribution in [3.05, 3.63) is 21.3 Å². The van der Waals surface area contributed by atoms with Gasteiger partial charge in [0.1, 0.15) is 0 Å². The smallest absolute Gasteiger partial charge is 0.0931 e. The van der Waals surface area contributed by atoms with Crippen LogP contribution in [-0.2, 0) is 11.3 Å². The Morgan fingerprint density at radius 2 is 2.31 bits per heavy atom. The zero-order valence-electron chi connectivity index (χ0n) is 9.59. The molecule has 2 nitrogen and oxygen atoms in total. The second kappa shape index (κ2) is 5.50. The van der Waals surface area contributed by atoms with Crippen LogP contribution in [0.25, 0.3) is 0 Å². The van der Waals surface area contributed by atoms with Gasteiger partial charge in [-0.1, -0.05) is 11.6 Å². The molecule has 1 aromatic rings. The van der Waals surface area contributed by atoms with Gasteiger partial charge < -0.3 is 10.1 Å². The minimum Gasteiger partial charge on any atom is -0.385 e. The monoisotopic (exact) mass is 259 g/mol. The molecule has 0 amide bonds. The SMILES string of the molecule is COCCC1(CNCc2ccc(Cl)s2)CC1. The summed E-state index contributed by atoms with van der Waals surface area (Å²) in [7, 11) is 1.77. The molecule has 2 rings (SSSR count). The minimum absolute atomic E-state index is 0.525. The Labute approximate surface area is 106 Å². The summed E-state index contributed by atoms with van der Waals surface area (Å²) in [5.74, 6) is 0. The van der Waals surface area contributed by atoms with Crippen LogP contribution in [0.3, 0.4) is 0 Å². The largest absolute Gasteiger partial charge is 0.385 e. The first-order valence-corrected chi connectivity index (χ1v) is 6.87. The van der Waals surface area contributed by atoms with E-state index in [9.17, 15) is 0 Å². The first kappa shape index (κ1) is 12.4. The highest BCUT2D eigenvalue weighted by Gasteiger charge is 2.41. The molecule has 0 aromatic carbocycles. The van der Waals surface area contributed by atoms with Gasteiger partial charge in [0.2, 0.25) is 0 Å². The lowest BCUT2D eigenvalue weighted by molar-refractivity contribution is 0.171. The Morgan fingerprint density at radius 3 is 2.88 bits per heavy atom. The number of methoxy groups -OCH3 is 1. The normalized spacial score (nSPS) is 17.6. The molecule has 0 saturated heterocycles. The zero-order chi connectivity index (χ0) is 11.4. The molecular formula is C12H18ClNOS. The van der Waals surface area contributed by atoms with Crippen LogP contribution in [0, 0.1) is 5.41 Å². The van der Waals surface area contributed by atoms with E-state index in [-0.39, 0.29) is 0 Å². The number of thiophene rings is 1. The topological polar surface area (TPSA) is 21.3 Å². The number of hydrogen-bond acceptors (Lipinski definition) is 3. The predicted molar refractivity (Wildman–Crippen MR) is 69.2 cm³/mol. The van der Waals surface area contributed by atoms with Crippen LogP contribution in [0.15, 0.2) is 12.1 Å². The quantitative estimate of drug-likeness (QED) is 0.811. The fourth-order valence-electron chi connectivity index (χ4n) is 1.91. The molecule has 90 valence electrons. The van der Waals surface area contributed by atoms with Gasteiger partial charge in [-0.3, -0.25) is 0 Å². The summed E-state index contributed by atoms with van der Waals surface area (Å²) in [6, 6.07) is 4.05. The van der Waals surface area contributed by atoms with Gasteiger partial charge in [0, 0.05) is 31.7 Å². The van der Waals surface area contributed by atoms with Crippen LogP contribution >= 0.6 is 22.9 Å². The summed E-state index contributed by atoms with van der Waals surface area (Å²) in [5.41, 5.74) is 0.525. The van der Waals surface area contributed by atoms with Crippen molar-refractivity contribution in [2.75, 3.05) is 20.3 Å². The average Bonchev–Trinajstić information content (AvgIpc) is 2.92. The molecule has 1 aromatic heterocycles. The molecule has 1 heterocycles. The van der Waals surface area contributed by atoms with E-state index in [0.717, 1.165) is 24.0 Å². The van der Waals surface area contributed by atoms with Crippen molar-refractivity contribution in [1.82, 2.24) is 5.32 Å². The molecule has 0 aliphatic heterocycles. The van der Waals surface area contributed by atoms with E-state index in [0.29, 0.717) is 5.41 Å². The number of rotatable bonds is 7. The molecule has 0 atom stereocenters. The summed E-state index contributed by atoms with van der Waals surface area (Å²) in [6.45, 7) is 2.92. The number of hydrogen-bond donors (Lipinski definition) is 1. The molecule has 1 saturated carbocycles. The third-order valence-corrected chi connectivity index (χ3v) is 4.45. The Morgan fingerprint density at radius 1 is 1.50 bits per heavy atom. The summed E-state index contributed by atoms with van der Waals surface area (Å²) in [4.78, 5) is 1.31. The maximum absolute atomic E-state index is 5.88. The minimum atomic E-state index is 0.525. The van der Waals surface area contributed by atoms with E-state index in [1.54, 1.807) is 18.4 Å². The van der Waals surface area contributed by atoms with Gasteiger partial charge in [-0.05, 0) is 36.8 Å². The predicted octanol–water partition coefficient (Wildman–Crippen LogP) is 3.31. The zero-order valence-corrected chi connectivity index (χ0v) is 11.2. The number of halogens is 1. The lowest BCUT2D eigenvalue weighted by Crippen LogP contribution is -2.24. The van der Waals surface area contributed by atoms with E-state index in [2.05, 4.69) is 11.4 Å². The highest BCUT2D eigenvalue weighted by atomic mass is 35.5. The molecule has 4 heteroatoms. The molecule has 1 fully saturated rings. The molecular weight excluding hydrogens is 242 g/mol. The molecule has 16 heavy (non-hydrogen) atoms. The van der Waals surface area contributed by atoms with E-state index in [1.165, 1.54) is 24.1 Å². The van der Waals surface area contributed by atoms with Crippen molar-refractivity contribution in [3.63, 3.8) is 0 Å². The molecule has 1 N–H and O–H groups in total. The highest BCUT2D eigenvalue weighted by Crippen LogP contribution is 2.48. The summed E-state index contributed by atoms with van der Waals surface area (Å²) >= 11 is 7.54. The first-order chi connectivity index (χ1) is 7.74. The van der Waals surface area contributed by atoms with Crippen LogP contribution in [0.5, 0.6) is 0 Å². The third-order valence-electron chi connectivity index (χ3n) is 3.22. The lowest BCUT2D eigenvalue weighted by atomic mass is 10.0. The van der Waals surface area contributed by atoms with E-state index >= 15 is 0 Å². The highest BCUT2D eigenvalue weighted by molar-refractivity contribution is 7.16. The van der Waals surface area contributed by atoms with E-state index in [4.69, 9.17) is 16.3 Å². The van der Waals surface area contributed by atoms with Crippen LogP contribution in [0.4, 0.5) is 0 Å². The molecule has 0 radical (unpaired) electrons. The fourth-order valence-corrected chi connectivity index (χ4v) is 2.97. The van der Waals surface area contributed by atoms with Crippen molar-refractivity contribution >= 4 is 22.9 Å². The molecule has 0 spiro atoms. The maximum atomic E-state index is 5.88. The second-order valence-corrected chi connectivity index (χ2v) is 6.35. The second-order valence-electron chi connectivity index (χ2n) is 4.55. The van der Waals surface area contributed by atoms with Crippen molar-refractivity contribution in [2.45, 2.75) is 25.8 Å². The maximum Gasteiger partial charge on any atom is 0.0931 e. The Kier molecular flexibility index (Phi) is 4.25. The van der Waals surface area contributed by atoms with Gasteiger partial charge >= 0.3 is 0 Å². The first-order valence-electron chi connectivity index (χ1n) is 5.68. The molecule has 0 bridgehead atoms. The van der Waals surface area contributed by atoms with Crippen molar-refractivity contribution in [3.8, 4) is 0 Å². The van der Waals surface area contributed by atoms with Gasteiger partial charge in [-0.25, -0.2) is 0 Å². The number of nitrogens with one attached hydrogen (secondary N) is 1. The van der Waals surface area contributed by atoms with Gasteiger partial charge in [-0.2, -0.15) is 0 Å². The van der Waals surface area contributed by atoms with Crippen LogP contribution in [-0.4, -0.2) is 20.3 Å². The Balaban J connectivity index is 1.68. The summed E-state index contributed by atoms with van der Waals surface area (Å²) < 4.78 is 6.01. The van der Waals surface area contributed by atoms with Gasteiger partial charge in [0.25, 0.3) is 0 Å². The Hall–Kier alpha value is -0.0900. The third kappa shape index (κ3) is 3.45. The molecule has 0 unspecified atom stereocenters. The van der Waals surface area contributed by atoms with Gasteiger partial charge in [0.15, 0.2) is 0 Å². The van der Waals surface area contributed by atoms with Crippen molar-refractivity contribution < 1.29 is 4.74 Å². The standard InChI is InChI=1S/C12H18ClNOS/c1-15-7-6-12(4-5-12)9-14-8-10-2-3-11(13)16-10/h2-3,14H,4-9H2,1H3. The summed E-state index contributed by atoms with van der Waals surface area (Å²) in [6.07, 6.45) is 3.87. The van der Waals surface area contributed by atoms with Crippen molar-refractivity contribution in [1.29, 1.82) is 0 Å². The van der Waals surface area contributed by atoms with E-state index < -0.39 is 0 Å². The molecule has 1 aliphatic carbocycles. The van der Waals surface area contributed by atoms with Crippen molar-refractivity contribution in [2.24, 2.45) is 5.41 Å². The van der Waals surface area contributed by atoms with Crippen LogP contribution < -0.4 is 5.32 Å². The molecule has 1 aliphatic rings. The fraction of sp³-hybridized carbons (Fsp3) is 0.667. The van der Waals surface area contributed by atoms with Gasteiger partial charge in [0.05, 0.1) is 4.34 Å². The van der Waals surface area contributed by atoms with Gasteiger partial charge in [-0.15, -0.1) is 11.3 Å². The Bertz CT molecular complexity index is 336. The van der Waals surface area contributed by atoms with Crippen LogP contribution in [0.2, 0.25) is 4.34 Å². The van der Waals surface area contributed by atoms with E-state index in [1.807, 2.05) is 6.07 Å². The average molecular weight is 260 g/mol. The van der Waals surface area contributed by atoms with Crippen LogP contribution in [0.1, 0.15) is 24.1 Å². The summed E-state index contributed by atoms with van der Waals surface area (Å²) in [5, 5.41) is 3.52.